The smallest absolute Gasteiger partial charge is 0.188 e. The number of rotatable bonds is 3. The highest BCUT2D eigenvalue weighted by Crippen LogP contribution is 2.03. The summed E-state index contributed by atoms with van der Waals surface area (Å²) in [6.07, 6.45) is 2.04. The van der Waals surface area contributed by atoms with Gasteiger partial charge >= 0.3 is 0 Å². The van der Waals surface area contributed by atoms with Crippen LogP contribution in [0.3, 0.4) is 0 Å². The van der Waals surface area contributed by atoms with Crippen LogP contribution < -0.4 is 0 Å². The average molecular weight is 185 g/mol. The molecule has 12 heavy (non-hydrogen) atoms. The lowest BCUT2D eigenvalue weighted by Gasteiger charge is -1.98. The number of benzene rings is 1. The van der Waals surface area contributed by atoms with E-state index in [1.54, 1.807) is 0 Å². The van der Waals surface area contributed by atoms with Crippen molar-refractivity contribution in [3.63, 3.8) is 0 Å². The molecule has 0 fully saturated rings. The molecule has 0 aliphatic rings. The number of aryl methyl sites for hydroxylation is 1. The molecule has 1 rings (SSSR count). The van der Waals surface area contributed by atoms with Gasteiger partial charge in [0.2, 0.25) is 10.2 Å². The largest absolute Gasteiger partial charge is 0.211 e. The summed E-state index contributed by atoms with van der Waals surface area (Å²) < 4.78 is 19.9. The van der Waals surface area contributed by atoms with E-state index < -0.39 is 10.2 Å². The molecule has 0 heterocycles. The molecule has 3 heteroatoms. The van der Waals surface area contributed by atoms with Gasteiger partial charge in [-0.15, -0.1) is 0 Å². The third-order valence-electron chi connectivity index (χ3n) is 1.61. The van der Waals surface area contributed by atoms with Crippen molar-refractivity contribution in [2.45, 2.75) is 6.42 Å². The molecular formula is C9H13O2S+. The van der Waals surface area contributed by atoms with Gasteiger partial charge in [-0.25, -0.2) is 0 Å². The average Bonchev–Trinajstić information content (AvgIpc) is 2.02. The van der Waals surface area contributed by atoms with Crippen LogP contribution in [0.25, 0.3) is 0 Å². The first kappa shape index (κ1) is 9.42. The first-order valence-electron chi connectivity index (χ1n) is 3.81. The Morgan fingerprint density at radius 1 is 1.33 bits per heavy atom. The Morgan fingerprint density at radius 3 is 2.42 bits per heavy atom. The normalized spacial score (nSPS) is 15.5. The first-order chi connectivity index (χ1) is 5.58. The van der Waals surface area contributed by atoms with E-state index >= 15 is 0 Å². The van der Waals surface area contributed by atoms with Crippen molar-refractivity contribution >= 4 is 10.2 Å². The summed E-state index contributed by atoms with van der Waals surface area (Å²) in [5.41, 5.74) is 1.11. The van der Waals surface area contributed by atoms with E-state index in [1.165, 1.54) is 6.26 Å². The molecule has 0 spiro atoms. The van der Waals surface area contributed by atoms with Crippen molar-refractivity contribution in [3.8, 4) is 0 Å². The fourth-order valence-corrected chi connectivity index (χ4v) is 1.57. The van der Waals surface area contributed by atoms with Crippen LogP contribution >= 0.6 is 0 Å². The molecular weight excluding hydrogens is 172 g/mol. The van der Waals surface area contributed by atoms with Crippen molar-refractivity contribution in [1.29, 1.82) is 0 Å². The minimum absolute atomic E-state index is 0.344. The van der Waals surface area contributed by atoms with Gasteiger partial charge < -0.3 is 0 Å². The van der Waals surface area contributed by atoms with Gasteiger partial charge in [0.15, 0.2) is 0 Å². The molecule has 1 aromatic rings. The van der Waals surface area contributed by atoms with Gasteiger partial charge in [-0.1, -0.05) is 34.5 Å². The molecule has 0 amide bonds. The van der Waals surface area contributed by atoms with Gasteiger partial charge in [-0.2, -0.15) is 4.55 Å². The Kier molecular flexibility index (Phi) is 3.00. The second-order valence-corrected chi connectivity index (χ2v) is 5.23. The van der Waals surface area contributed by atoms with Crippen LogP contribution in [0, 0.1) is 0 Å². The fourth-order valence-electron chi connectivity index (χ4n) is 0.952. The van der Waals surface area contributed by atoms with Crippen LogP contribution in [0.1, 0.15) is 5.56 Å². The molecule has 2 nitrogen and oxygen atoms in total. The van der Waals surface area contributed by atoms with Crippen molar-refractivity contribution in [2.24, 2.45) is 0 Å². The molecule has 1 aromatic carbocycles. The van der Waals surface area contributed by atoms with Gasteiger partial charge in [0.05, 0.1) is 0 Å². The zero-order chi connectivity index (χ0) is 9.03. The second kappa shape index (κ2) is 3.83. The van der Waals surface area contributed by atoms with Crippen LogP contribution in [0.15, 0.2) is 30.3 Å². The van der Waals surface area contributed by atoms with E-state index in [4.69, 9.17) is 4.55 Å². The molecule has 0 saturated heterocycles. The van der Waals surface area contributed by atoms with Crippen LogP contribution in [-0.4, -0.2) is 16.6 Å². The second-order valence-electron chi connectivity index (χ2n) is 2.90. The molecule has 1 atom stereocenters. The number of hydrogen-bond acceptors (Lipinski definition) is 1. The minimum atomic E-state index is -2.57. The predicted molar refractivity (Wildman–Crippen MR) is 51.6 cm³/mol. The molecule has 0 bridgehead atoms. The molecule has 0 aromatic heterocycles. The molecule has 0 radical (unpaired) electrons. The van der Waals surface area contributed by atoms with E-state index in [9.17, 15) is 4.21 Å². The van der Waals surface area contributed by atoms with E-state index in [0.717, 1.165) is 5.56 Å². The predicted octanol–water partition coefficient (Wildman–Crippen LogP) is 1.83. The standard InChI is InChI=1S/C9H12O2S/c1-12(10,11)8-7-9-5-3-2-4-6-9/h2-6H,7-8H2,1H3/p+1. The van der Waals surface area contributed by atoms with Gasteiger partial charge in [0.1, 0.15) is 12.0 Å². The molecule has 0 aliphatic heterocycles. The Hall–Kier alpha value is -0.670. The minimum Gasteiger partial charge on any atom is -0.188 e. The quantitative estimate of drug-likeness (QED) is 0.729. The zero-order valence-corrected chi connectivity index (χ0v) is 7.88. The molecule has 1 N–H and O–H groups in total. The summed E-state index contributed by atoms with van der Waals surface area (Å²) in [5, 5.41) is 0. The third-order valence-corrected chi connectivity index (χ3v) is 2.57. The lowest BCUT2D eigenvalue weighted by molar-refractivity contribution is 0.503. The topological polar surface area (TPSA) is 37.3 Å². The van der Waals surface area contributed by atoms with Crippen LogP contribution in [0.4, 0.5) is 0 Å². The van der Waals surface area contributed by atoms with Crippen LogP contribution in [0.2, 0.25) is 0 Å². The summed E-state index contributed by atoms with van der Waals surface area (Å²) in [5.74, 6) is 0.344. The zero-order valence-electron chi connectivity index (χ0n) is 7.06. The van der Waals surface area contributed by atoms with Crippen molar-refractivity contribution in [1.82, 2.24) is 0 Å². The summed E-state index contributed by atoms with van der Waals surface area (Å²) in [6, 6.07) is 9.73. The van der Waals surface area contributed by atoms with Crippen molar-refractivity contribution in [2.75, 3.05) is 12.0 Å². The van der Waals surface area contributed by atoms with Gasteiger partial charge in [0.25, 0.3) is 0 Å². The first-order valence-corrected chi connectivity index (χ1v) is 5.90. The van der Waals surface area contributed by atoms with Gasteiger partial charge in [-0.3, -0.25) is 0 Å². The fraction of sp³-hybridized carbons (Fsp3) is 0.333. The van der Waals surface area contributed by atoms with Gasteiger partial charge in [-0.05, 0) is 5.56 Å². The molecule has 0 aliphatic carbocycles. The summed E-state index contributed by atoms with van der Waals surface area (Å²) in [4.78, 5) is 0. The lowest BCUT2D eigenvalue weighted by Crippen LogP contribution is -2.13. The van der Waals surface area contributed by atoms with Crippen molar-refractivity contribution < 1.29 is 8.76 Å². The summed E-state index contributed by atoms with van der Waals surface area (Å²) in [6.45, 7) is 0. The third kappa shape index (κ3) is 3.64. The van der Waals surface area contributed by atoms with E-state index in [1.807, 2.05) is 30.3 Å². The Bertz CT molecular complexity index is 276. The van der Waals surface area contributed by atoms with E-state index in [-0.39, 0.29) is 0 Å². The lowest BCUT2D eigenvalue weighted by atomic mass is 10.2. The Balaban J connectivity index is 2.50. The highest BCUT2D eigenvalue weighted by atomic mass is 32.3. The van der Waals surface area contributed by atoms with E-state index in [2.05, 4.69) is 0 Å². The molecule has 66 valence electrons. The SMILES string of the molecule is C[S+](=O)(O)CCc1ccccc1. The summed E-state index contributed by atoms with van der Waals surface area (Å²) in [7, 11) is -2.57. The highest BCUT2D eigenvalue weighted by Gasteiger charge is 2.14. The highest BCUT2D eigenvalue weighted by molar-refractivity contribution is 7.97. The van der Waals surface area contributed by atoms with E-state index in [0.29, 0.717) is 12.2 Å². The molecule has 0 saturated carbocycles. The maximum absolute atomic E-state index is 10.9. The van der Waals surface area contributed by atoms with Crippen LogP contribution in [-0.2, 0) is 20.8 Å². The van der Waals surface area contributed by atoms with Gasteiger partial charge in [0, 0.05) is 6.42 Å². The monoisotopic (exact) mass is 185 g/mol. The Labute approximate surface area is 73.9 Å². The number of hydrogen-bond donors (Lipinski definition) is 1. The summed E-state index contributed by atoms with van der Waals surface area (Å²) >= 11 is 0. The van der Waals surface area contributed by atoms with Crippen molar-refractivity contribution in [3.05, 3.63) is 35.9 Å². The van der Waals surface area contributed by atoms with Crippen LogP contribution in [0.5, 0.6) is 0 Å². The Morgan fingerprint density at radius 2 is 1.92 bits per heavy atom. The molecule has 1 unspecified atom stereocenters. The maximum Gasteiger partial charge on any atom is 0.211 e. The maximum atomic E-state index is 10.9.